The van der Waals surface area contributed by atoms with Gasteiger partial charge in [-0.25, -0.2) is 8.42 Å². The van der Waals surface area contributed by atoms with Gasteiger partial charge in [-0.2, -0.15) is 0 Å². The van der Waals surface area contributed by atoms with Crippen molar-refractivity contribution in [3.05, 3.63) is 29.8 Å². The lowest BCUT2D eigenvalue weighted by atomic mass is 9.91. The van der Waals surface area contributed by atoms with Gasteiger partial charge in [-0.05, 0) is 56.8 Å². The Morgan fingerprint density at radius 3 is 2.60 bits per heavy atom. The van der Waals surface area contributed by atoms with E-state index < -0.39 is 9.84 Å². The van der Waals surface area contributed by atoms with Gasteiger partial charge in [-0.1, -0.05) is 18.2 Å². The first-order valence-corrected chi connectivity index (χ1v) is 11.3. The van der Waals surface area contributed by atoms with E-state index in [9.17, 15) is 8.42 Å². The largest absolute Gasteiger partial charge is 0.369 e. The fraction of sp³-hybridized carbons (Fsp3) is 0.684. The minimum absolute atomic E-state index is 0.265. The first-order chi connectivity index (χ1) is 12.0. The topological polar surface area (TPSA) is 61.4 Å². The second-order valence-electron chi connectivity index (χ2n) is 7.48. The first-order valence-electron chi connectivity index (χ1n) is 9.51. The minimum Gasteiger partial charge on any atom is -0.369 e. The molecule has 2 saturated heterocycles. The van der Waals surface area contributed by atoms with Crippen LogP contribution in [0.25, 0.3) is 0 Å². The van der Waals surface area contributed by atoms with Crippen LogP contribution in [0.1, 0.15) is 31.7 Å². The van der Waals surface area contributed by atoms with Gasteiger partial charge in [0.15, 0.2) is 9.84 Å². The fourth-order valence-corrected chi connectivity index (χ4v) is 5.11. The summed E-state index contributed by atoms with van der Waals surface area (Å²) in [5.74, 6) is 1.35. The molecular weight excluding hydrogens is 334 g/mol. The number of nitrogens with one attached hydrogen (secondary N) is 2. The molecule has 2 aliphatic heterocycles. The Morgan fingerprint density at radius 2 is 1.88 bits per heavy atom. The Hall–Kier alpha value is -1.11. The van der Waals surface area contributed by atoms with Gasteiger partial charge in [0.25, 0.3) is 0 Å². The lowest BCUT2D eigenvalue weighted by molar-refractivity contribution is 0.316. The molecule has 2 N–H and O–H groups in total. The zero-order chi connectivity index (χ0) is 17.7. The van der Waals surface area contributed by atoms with Crippen molar-refractivity contribution in [2.24, 2.45) is 5.92 Å². The van der Waals surface area contributed by atoms with E-state index in [2.05, 4.69) is 40.7 Å². The van der Waals surface area contributed by atoms with Crippen molar-refractivity contribution in [3.63, 3.8) is 0 Å². The summed E-state index contributed by atoms with van der Waals surface area (Å²) >= 11 is 0. The highest BCUT2D eigenvalue weighted by Gasteiger charge is 2.23. The number of anilines is 1. The molecule has 0 saturated carbocycles. The maximum absolute atomic E-state index is 11.7. The third-order valence-electron chi connectivity index (χ3n) is 5.46. The van der Waals surface area contributed by atoms with Crippen LogP contribution >= 0.6 is 0 Å². The molecule has 1 unspecified atom stereocenters. The molecule has 6 heteroatoms. The molecule has 0 bridgehead atoms. The quantitative estimate of drug-likeness (QED) is 0.805. The molecule has 0 amide bonds. The van der Waals surface area contributed by atoms with E-state index in [-0.39, 0.29) is 11.5 Å². The van der Waals surface area contributed by atoms with Crippen LogP contribution in [0, 0.1) is 5.92 Å². The van der Waals surface area contributed by atoms with Crippen molar-refractivity contribution in [2.45, 2.75) is 38.8 Å². The standard InChI is InChI=1S/C19H31N3O2S/c1-16(14-17-6-8-20-9-7-17)21-15-18-4-2-3-5-19(18)22-10-12-25(23,24)13-11-22/h2-5,16-17,20-21H,6-15H2,1H3. The molecule has 0 radical (unpaired) electrons. The Balaban J connectivity index is 1.55. The van der Waals surface area contributed by atoms with Gasteiger partial charge in [-0.3, -0.25) is 0 Å². The Labute approximate surface area is 152 Å². The van der Waals surface area contributed by atoms with Crippen molar-refractivity contribution in [1.29, 1.82) is 0 Å². The second-order valence-corrected chi connectivity index (χ2v) is 9.78. The number of sulfone groups is 1. The molecule has 3 rings (SSSR count). The molecule has 2 heterocycles. The van der Waals surface area contributed by atoms with Crippen molar-refractivity contribution in [1.82, 2.24) is 10.6 Å². The van der Waals surface area contributed by atoms with E-state index >= 15 is 0 Å². The number of para-hydroxylation sites is 1. The van der Waals surface area contributed by atoms with Crippen molar-refractivity contribution < 1.29 is 8.42 Å². The minimum atomic E-state index is -2.84. The van der Waals surface area contributed by atoms with E-state index in [1.165, 1.54) is 30.5 Å². The molecule has 0 aliphatic carbocycles. The van der Waals surface area contributed by atoms with Gasteiger partial charge in [0.05, 0.1) is 11.5 Å². The van der Waals surface area contributed by atoms with Gasteiger partial charge in [-0.15, -0.1) is 0 Å². The summed E-state index contributed by atoms with van der Waals surface area (Å²) in [5, 5.41) is 7.10. The van der Waals surface area contributed by atoms with Crippen molar-refractivity contribution >= 4 is 15.5 Å². The summed E-state index contributed by atoms with van der Waals surface area (Å²) in [7, 11) is -2.84. The van der Waals surface area contributed by atoms with E-state index in [1.54, 1.807) is 0 Å². The average molecular weight is 366 g/mol. The van der Waals surface area contributed by atoms with E-state index in [1.807, 2.05) is 6.07 Å². The van der Waals surface area contributed by atoms with E-state index in [0.717, 1.165) is 25.6 Å². The van der Waals surface area contributed by atoms with Gasteiger partial charge in [0.1, 0.15) is 0 Å². The predicted octanol–water partition coefficient (Wildman–Crippen LogP) is 1.79. The average Bonchev–Trinajstić information content (AvgIpc) is 2.61. The lowest BCUT2D eigenvalue weighted by Gasteiger charge is -2.31. The highest BCUT2D eigenvalue weighted by Crippen LogP contribution is 2.23. The Morgan fingerprint density at radius 1 is 1.20 bits per heavy atom. The molecule has 140 valence electrons. The van der Waals surface area contributed by atoms with Crippen LogP contribution < -0.4 is 15.5 Å². The van der Waals surface area contributed by atoms with Crippen molar-refractivity contribution in [3.8, 4) is 0 Å². The van der Waals surface area contributed by atoms with E-state index in [0.29, 0.717) is 19.1 Å². The summed E-state index contributed by atoms with van der Waals surface area (Å²) in [5.41, 5.74) is 2.44. The normalized spacial score (nSPS) is 22.7. The molecule has 5 nitrogen and oxygen atoms in total. The highest BCUT2D eigenvalue weighted by molar-refractivity contribution is 7.91. The number of hydrogen-bond acceptors (Lipinski definition) is 5. The summed E-state index contributed by atoms with van der Waals surface area (Å²) < 4.78 is 23.3. The number of nitrogens with zero attached hydrogens (tertiary/aromatic N) is 1. The van der Waals surface area contributed by atoms with Crippen LogP contribution in [0.4, 0.5) is 5.69 Å². The maximum atomic E-state index is 11.7. The summed E-state index contributed by atoms with van der Waals surface area (Å²) in [6.07, 6.45) is 3.79. The first kappa shape index (κ1) is 18.7. The van der Waals surface area contributed by atoms with Gasteiger partial charge in [0, 0.05) is 31.4 Å². The molecule has 25 heavy (non-hydrogen) atoms. The molecule has 2 aliphatic rings. The number of benzene rings is 1. The third kappa shape index (κ3) is 5.43. The van der Waals surface area contributed by atoms with E-state index in [4.69, 9.17) is 0 Å². The Bertz CT molecular complexity index is 642. The van der Waals surface area contributed by atoms with Crippen LogP contribution in [0.15, 0.2) is 24.3 Å². The van der Waals surface area contributed by atoms with Crippen LogP contribution in [-0.2, 0) is 16.4 Å². The number of hydrogen-bond donors (Lipinski definition) is 2. The van der Waals surface area contributed by atoms with Crippen LogP contribution in [0.5, 0.6) is 0 Å². The predicted molar refractivity (Wildman–Crippen MR) is 104 cm³/mol. The lowest BCUT2D eigenvalue weighted by Crippen LogP contribution is -2.41. The van der Waals surface area contributed by atoms with Gasteiger partial charge >= 0.3 is 0 Å². The van der Waals surface area contributed by atoms with Crippen LogP contribution in [-0.4, -0.2) is 52.1 Å². The smallest absolute Gasteiger partial charge is 0.153 e. The second kappa shape index (κ2) is 8.52. The third-order valence-corrected chi connectivity index (χ3v) is 7.07. The van der Waals surface area contributed by atoms with Gasteiger partial charge < -0.3 is 15.5 Å². The number of piperidine rings is 1. The van der Waals surface area contributed by atoms with Crippen molar-refractivity contribution in [2.75, 3.05) is 42.6 Å². The molecule has 1 aromatic rings. The zero-order valence-corrected chi connectivity index (χ0v) is 16.0. The summed E-state index contributed by atoms with van der Waals surface area (Å²) in [4.78, 5) is 2.22. The number of rotatable bonds is 6. The molecule has 1 atom stereocenters. The molecule has 2 fully saturated rings. The highest BCUT2D eigenvalue weighted by atomic mass is 32.2. The summed E-state index contributed by atoms with van der Waals surface area (Å²) in [6.45, 7) is 6.62. The molecule has 1 aromatic carbocycles. The zero-order valence-electron chi connectivity index (χ0n) is 15.2. The molecule has 0 spiro atoms. The SMILES string of the molecule is CC(CC1CCNCC1)NCc1ccccc1N1CCS(=O)(=O)CC1. The van der Waals surface area contributed by atoms with Crippen LogP contribution in [0.3, 0.4) is 0 Å². The Kier molecular flexibility index (Phi) is 6.36. The molecule has 0 aromatic heterocycles. The van der Waals surface area contributed by atoms with Gasteiger partial charge in [0.2, 0.25) is 0 Å². The maximum Gasteiger partial charge on any atom is 0.153 e. The van der Waals surface area contributed by atoms with Crippen LogP contribution in [0.2, 0.25) is 0 Å². The molecular formula is C19H31N3O2S. The summed E-state index contributed by atoms with van der Waals surface area (Å²) in [6, 6.07) is 8.88. The fourth-order valence-electron chi connectivity index (χ4n) is 3.91. The monoisotopic (exact) mass is 365 g/mol.